The number of hydrogen-bond donors (Lipinski definition) is 1. The molecule has 0 saturated heterocycles. The van der Waals surface area contributed by atoms with Crippen molar-refractivity contribution in [2.75, 3.05) is 0 Å². The highest BCUT2D eigenvalue weighted by Crippen LogP contribution is 2.37. The van der Waals surface area contributed by atoms with Crippen molar-refractivity contribution < 1.29 is 14.0 Å². The molecule has 0 spiro atoms. The van der Waals surface area contributed by atoms with Gasteiger partial charge in [0.15, 0.2) is 11.7 Å². The van der Waals surface area contributed by atoms with E-state index in [2.05, 4.69) is 14.9 Å². The van der Waals surface area contributed by atoms with Gasteiger partial charge in [0.1, 0.15) is 11.5 Å². The minimum atomic E-state index is -0.776. The van der Waals surface area contributed by atoms with Gasteiger partial charge in [-0.25, -0.2) is 0 Å². The number of nitrogens with zero attached hydrogens (tertiary/aromatic N) is 3. The van der Waals surface area contributed by atoms with Crippen LogP contribution >= 0.6 is 11.5 Å². The van der Waals surface area contributed by atoms with Crippen molar-refractivity contribution >= 4 is 23.3 Å². The van der Waals surface area contributed by atoms with Crippen molar-refractivity contribution in [1.29, 1.82) is 0 Å². The third kappa shape index (κ3) is 4.05. The normalized spacial score (nSPS) is 18.9. The zero-order valence-electron chi connectivity index (χ0n) is 15.4. The first-order chi connectivity index (χ1) is 13.1. The van der Waals surface area contributed by atoms with Crippen LogP contribution in [-0.4, -0.2) is 38.4 Å². The second-order valence-corrected chi connectivity index (χ2v) is 8.04. The predicted octanol–water partition coefficient (Wildman–Crippen LogP) is 3.23. The molecule has 27 heavy (non-hydrogen) atoms. The summed E-state index contributed by atoms with van der Waals surface area (Å²) in [7, 11) is 0. The van der Waals surface area contributed by atoms with E-state index >= 15 is 0 Å². The molecular weight excluding hydrogens is 364 g/mol. The summed E-state index contributed by atoms with van der Waals surface area (Å²) >= 11 is 1.13. The summed E-state index contributed by atoms with van der Waals surface area (Å²) < 4.78 is 9.59. The van der Waals surface area contributed by atoms with Crippen LogP contribution in [0.5, 0.6) is 0 Å². The molecule has 0 aromatic carbocycles. The van der Waals surface area contributed by atoms with Crippen molar-refractivity contribution in [2.24, 2.45) is 0 Å². The summed E-state index contributed by atoms with van der Waals surface area (Å²) in [6.45, 7) is 1.84. The van der Waals surface area contributed by atoms with Crippen LogP contribution < -0.4 is 5.32 Å². The number of aryl methyl sites for hydroxylation is 1. The number of amides is 2. The molecule has 0 radical (unpaired) electrons. The van der Waals surface area contributed by atoms with Gasteiger partial charge >= 0.3 is 0 Å². The molecule has 2 aromatic heterocycles. The summed E-state index contributed by atoms with van der Waals surface area (Å²) in [4.78, 5) is 28.0. The van der Waals surface area contributed by atoms with Gasteiger partial charge in [-0.2, -0.15) is 0 Å². The maximum absolute atomic E-state index is 13.3. The maximum Gasteiger partial charge on any atom is 0.276 e. The van der Waals surface area contributed by atoms with E-state index < -0.39 is 6.04 Å². The fourth-order valence-corrected chi connectivity index (χ4v) is 4.19. The Morgan fingerprint density at radius 3 is 2.59 bits per heavy atom. The van der Waals surface area contributed by atoms with Gasteiger partial charge in [-0.1, -0.05) is 23.8 Å². The zero-order valence-corrected chi connectivity index (χ0v) is 16.2. The molecule has 2 amide bonds. The fraction of sp³-hybridized carbons (Fsp3) is 0.579. The summed E-state index contributed by atoms with van der Waals surface area (Å²) in [6.07, 6.45) is 7.23. The molecule has 1 N–H and O–H groups in total. The summed E-state index contributed by atoms with van der Waals surface area (Å²) in [5, 5.41) is 8.71. The summed E-state index contributed by atoms with van der Waals surface area (Å²) in [5.74, 6) is 0.798. The van der Waals surface area contributed by atoms with Gasteiger partial charge in [-0.3, -0.25) is 9.59 Å². The van der Waals surface area contributed by atoms with Gasteiger partial charge in [0.25, 0.3) is 11.8 Å². The summed E-state index contributed by atoms with van der Waals surface area (Å²) in [6, 6.07) is 3.05. The number of hydrogen-bond acceptors (Lipinski definition) is 6. The lowest BCUT2D eigenvalue weighted by atomic mass is 9.95. The van der Waals surface area contributed by atoms with Crippen molar-refractivity contribution in [2.45, 2.75) is 70.0 Å². The number of carbonyl (C=O) groups excluding carboxylic acids is 2. The molecule has 2 saturated carbocycles. The average Bonchev–Trinajstić information content (AvgIpc) is 3.16. The van der Waals surface area contributed by atoms with E-state index in [9.17, 15) is 9.59 Å². The Labute approximate surface area is 162 Å². The third-order valence-electron chi connectivity index (χ3n) is 5.26. The Morgan fingerprint density at radius 1 is 1.22 bits per heavy atom. The fourth-order valence-electron chi connectivity index (χ4n) is 3.76. The van der Waals surface area contributed by atoms with Gasteiger partial charge in [-0.15, -0.1) is 5.10 Å². The van der Waals surface area contributed by atoms with Crippen LogP contribution in [0.3, 0.4) is 0 Å². The topological polar surface area (TPSA) is 88.3 Å². The molecule has 8 heteroatoms. The highest BCUT2D eigenvalue weighted by molar-refractivity contribution is 7.03. The van der Waals surface area contributed by atoms with E-state index in [0.29, 0.717) is 5.76 Å². The van der Waals surface area contributed by atoms with Crippen LogP contribution in [0.2, 0.25) is 0 Å². The molecule has 2 aliphatic rings. The highest BCUT2D eigenvalue weighted by Gasteiger charge is 2.44. The third-order valence-corrected chi connectivity index (χ3v) is 5.77. The SMILES string of the molecule is Cc1ccc([C@@H](C(=O)NC2CCCCC2)N(C(=O)c2csnn2)C2CC2)o1. The van der Waals surface area contributed by atoms with Gasteiger partial charge in [0.2, 0.25) is 0 Å². The van der Waals surface area contributed by atoms with Gasteiger partial charge < -0.3 is 14.6 Å². The molecule has 2 aromatic rings. The van der Waals surface area contributed by atoms with E-state index in [4.69, 9.17) is 4.42 Å². The zero-order chi connectivity index (χ0) is 18.8. The van der Waals surface area contributed by atoms with Gasteiger partial charge in [0, 0.05) is 17.5 Å². The number of furan rings is 1. The average molecular weight is 388 g/mol. The van der Waals surface area contributed by atoms with E-state index in [-0.39, 0.29) is 29.6 Å². The molecule has 2 fully saturated rings. The molecular formula is C19H24N4O3S. The summed E-state index contributed by atoms with van der Waals surface area (Å²) in [5.41, 5.74) is 0.283. The van der Waals surface area contributed by atoms with Crippen molar-refractivity contribution in [1.82, 2.24) is 19.8 Å². The highest BCUT2D eigenvalue weighted by atomic mass is 32.1. The molecule has 144 valence electrons. The Morgan fingerprint density at radius 2 is 2.00 bits per heavy atom. The quantitative estimate of drug-likeness (QED) is 0.821. The Bertz CT molecular complexity index is 794. The second kappa shape index (κ2) is 7.80. The molecule has 0 bridgehead atoms. The lowest BCUT2D eigenvalue weighted by Crippen LogP contribution is -2.48. The van der Waals surface area contributed by atoms with Crippen LogP contribution in [0.15, 0.2) is 21.9 Å². The number of carbonyl (C=O) groups is 2. The Kier molecular flexibility index (Phi) is 5.24. The second-order valence-electron chi connectivity index (χ2n) is 7.43. The lowest BCUT2D eigenvalue weighted by Gasteiger charge is -2.31. The Balaban J connectivity index is 1.63. The molecule has 0 unspecified atom stereocenters. The monoisotopic (exact) mass is 388 g/mol. The molecule has 4 rings (SSSR count). The first-order valence-corrected chi connectivity index (χ1v) is 10.4. The number of nitrogens with one attached hydrogen (secondary N) is 1. The first kappa shape index (κ1) is 18.2. The van der Waals surface area contributed by atoms with Crippen molar-refractivity contribution in [3.63, 3.8) is 0 Å². The van der Waals surface area contributed by atoms with Crippen LogP contribution in [0, 0.1) is 6.92 Å². The van der Waals surface area contributed by atoms with Crippen LogP contribution in [0.4, 0.5) is 0 Å². The van der Waals surface area contributed by atoms with E-state index in [1.54, 1.807) is 16.3 Å². The number of rotatable bonds is 6. The van der Waals surface area contributed by atoms with E-state index in [1.807, 2.05) is 13.0 Å². The maximum atomic E-state index is 13.3. The van der Waals surface area contributed by atoms with Gasteiger partial charge in [0.05, 0.1) is 0 Å². The Hall–Kier alpha value is -2.22. The van der Waals surface area contributed by atoms with E-state index in [1.165, 1.54) is 6.42 Å². The predicted molar refractivity (Wildman–Crippen MR) is 100 cm³/mol. The first-order valence-electron chi connectivity index (χ1n) is 9.60. The molecule has 0 aliphatic heterocycles. The van der Waals surface area contributed by atoms with E-state index in [0.717, 1.165) is 55.8 Å². The lowest BCUT2D eigenvalue weighted by molar-refractivity contribution is -0.127. The number of aromatic nitrogens is 2. The molecule has 2 aliphatic carbocycles. The largest absolute Gasteiger partial charge is 0.464 e. The van der Waals surface area contributed by atoms with Crippen LogP contribution in [0.1, 0.15) is 73.0 Å². The molecule has 7 nitrogen and oxygen atoms in total. The minimum Gasteiger partial charge on any atom is -0.464 e. The van der Waals surface area contributed by atoms with Crippen LogP contribution in [0.25, 0.3) is 0 Å². The molecule has 1 atom stereocenters. The van der Waals surface area contributed by atoms with Crippen molar-refractivity contribution in [3.05, 3.63) is 34.7 Å². The smallest absolute Gasteiger partial charge is 0.276 e. The standard InChI is InChI=1S/C19H24N4O3S/c1-12-7-10-16(26-12)17(18(24)20-13-5-3-2-4-6-13)23(14-8-9-14)19(25)15-11-27-22-21-15/h7,10-11,13-14,17H,2-6,8-9H2,1H3,(H,20,24)/t17-/m0/s1. The van der Waals surface area contributed by atoms with Gasteiger partial charge in [-0.05, 0) is 56.3 Å². The molecule has 2 heterocycles. The van der Waals surface area contributed by atoms with Crippen molar-refractivity contribution in [3.8, 4) is 0 Å². The minimum absolute atomic E-state index is 0.0340. The van der Waals surface area contributed by atoms with Crippen LogP contribution in [-0.2, 0) is 4.79 Å².